The molecule has 1 aliphatic carbocycles. The second-order valence-electron chi connectivity index (χ2n) is 9.10. The number of hydrogen-bond donors (Lipinski definition) is 2. The lowest BCUT2D eigenvalue weighted by atomic mass is 9.70. The lowest BCUT2D eigenvalue weighted by Gasteiger charge is -2.36. The average Bonchev–Trinajstić information content (AvgIpc) is 2.73. The monoisotopic (exact) mass is 422 g/mol. The maximum atomic E-state index is 14.2. The number of anilines is 2. The van der Waals surface area contributed by atoms with Crippen LogP contribution in [0.2, 0.25) is 0 Å². The molecule has 4 rings (SSSR count). The van der Waals surface area contributed by atoms with E-state index in [-0.39, 0.29) is 11.3 Å². The lowest BCUT2D eigenvalue weighted by molar-refractivity contribution is 0.220. The van der Waals surface area contributed by atoms with E-state index in [1.807, 2.05) is 12.4 Å². The number of nitrogens with one attached hydrogen (secondary N) is 1. The Morgan fingerprint density at radius 3 is 2.65 bits per heavy atom. The highest BCUT2D eigenvalue weighted by Gasteiger charge is 2.30. The van der Waals surface area contributed by atoms with E-state index in [1.54, 1.807) is 12.1 Å². The summed E-state index contributed by atoms with van der Waals surface area (Å²) < 4.78 is 28.4. The SMILES string of the molecule is CC1(C)CCCC(c2ccncc2NCc2nc(-c3c(F)cccc3F)ccc2N)C1. The van der Waals surface area contributed by atoms with Gasteiger partial charge in [-0.2, -0.15) is 0 Å². The van der Waals surface area contributed by atoms with Gasteiger partial charge >= 0.3 is 0 Å². The summed E-state index contributed by atoms with van der Waals surface area (Å²) in [6.45, 7) is 4.99. The summed E-state index contributed by atoms with van der Waals surface area (Å²) in [7, 11) is 0. The number of rotatable bonds is 5. The van der Waals surface area contributed by atoms with E-state index in [2.05, 4.69) is 35.2 Å². The molecule has 0 spiro atoms. The van der Waals surface area contributed by atoms with Gasteiger partial charge in [-0.3, -0.25) is 4.98 Å². The summed E-state index contributed by atoms with van der Waals surface area (Å²) in [4.78, 5) is 8.74. The second-order valence-corrected chi connectivity index (χ2v) is 9.10. The van der Waals surface area contributed by atoms with Crippen LogP contribution >= 0.6 is 0 Å². The van der Waals surface area contributed by atoms with Crippen molar-refractivity contribution in [1.29, 1.82) is 0 Å². The molecule has 31 heavy (non-hydrogen) atoms. The van der Waals surface area contributed by atoms with E-state index >= 15 is 0 Å². The van der Waals surface area contributed by atoms with Gasteiger partial charge in [0.05, 0.1) is 41.1 Å². The average molecular weight is 423 g/mol. The lowest BCUT2D eigenvalue weighted by Crippen LogP contribution is -2.22. The molecule has 2 aromatic heterocycles. The van der Waals surface area contributed by atoms with Gasteiger partial charge in [0.25, 0.3) is 0 Å². The first kappa shape index (κ1) is 21.2. The first-order valence-corrected chi connectivity index (χ1v) is 10.7. The van der Waals surface area contributed by atoms with E-state index in [1.165, 1.54) is 36.6 Å². The van der Waals surface area contributed by atoms with E-state index in [0.717, 1.165) is 18.5 Å². The Labute approximate surface area is 181 Å². The minimum Gasteiger partial charge on any atom is -0.397 e. The zero-order valence-electron chi connectivity index (χ0n) is 18.0. The van der Waals surface area contributed by atoms with Crippen LogP contribution in [0.3, 0.4) is 0 Å². The molecule has 0 saturated heterocycles. The molecule has 0 amide bonds. The Hall–Kier alpha value is -3.02. The first-order valence-electron chi connectivity index (χ1n) is 10.7. The zero-order valence-corrected chi connectivity index (χ0v) is 18.0. The fourth-order valence-electron chi connectivity index (χ4n) is 4.59. The van der Waals surface area contributed by atoms with Gasteiger partial charge in [0.15, 0.2) is 0 Å². The normalized spacial score (nSPS) is 18.0. The Bertz CT molecular complexity index is 1060. The molecule has 0 radical (unpaired) electrons. The van der Waals surface area contributed by atoms with Gasteiger partial charge in [-0.1, -0.05) is 26.3 Å². The van der Waals surface area contributed by atoms with Crippen molar-refractivity contribution in [2.45, 2.75) is 52.0 Å². The van der Waals surface area contributed by atoms with Crippen LogP contribution in [0.15, 0.2) is 48.8 Å². The highest BCUT2D eigenvalue weighted by atomic mass is 19.1. The summed E-state index contributed by atoms with van der Waals surface area (Å²) in [5, 5.41) is 3.41. The minimum absolute atomic E-state index is 0.143. The topological polar surface area (TPSA) is 63.8 Å². The molecule has 1 unspecified atom stereocenters. The van der Waals surface area contributed by atoms with Crippen molar-refractivity contribution in [2.24, 2.45) is 5.41 Å². The van der Waals surface area contributed by atoms with Crippen molar-refractivity contribution in [2.75, 3.05) is 11.1 Å². The third kappa shape index (κ3) is 4.68. The summed E-state index contributed by atoms with van der Waals surface area (Å²) in [5.74, 6) is -0.824. The summed E-state index contributed by atoms with van der Waals surface area (Å²) in [6, 6.07) is 9.05. The van der Waals surface area contributed by atoms with E-state index in [9.17, 15) is 8.78 Å². The van der Waals surface area contributed by atoms with Crippen molar-refractivity contribution in [3.8, 4) is 11.3 Å². The van der Waals surface area contributed by atoms with Crippen LogP contribution < -0.4 is 11.1 Å². The number of benzene rings is 1. The number of aromatic nitrogens is 2. The fourth-order valence-corrected chi connectivity index (χ4v) is 4.59. The number of nitrogen functional groups attached to an aromatic ring is 1. The van der Waals surface area contributed by atoms with Gasteiger partial charge in [0.2, 0.25) is 0 Å². The van der Waals surface area contributed by atoms with Crippen LogP contribution in [-0.4, -0.2) is 9.97 Å². The van der Waals surface area contributed by atoms with Crippen molar-refractivity contribution < 1.29 is 8.78 Å². The van der Waals surface area contributed by atoms with Crippen molar-refractivity contribution in [3.05, 3.63) is 71.7 Å². The number of halogens is 2. The summed E-state index contributed by atoms with van der Waals surface area (Å²) in [6.07, 6.45) is 8.41. The molecule has 1 aliphatic rings. The maximum absolute atomic E-state index is 14.2. The van der Waals surface area contributed by atoms with E-state index in [0.29, 0.717) is 29.3 Å². The largest absolute Gasteiger partial charge is 0.397 e. The molecule has 0 aliphatic heterocycles. The van der Waals surface area contributed by atoms with Crippen molar-refractivity contribution in [1.82, 2.24) is 9.97 Å². The number of pyridine rings is 2. The van der Waals surface area contributed by atoms with Gasteiger partial charge in [-0.05, 0) is 66.5 Å². The van der Waals surface area contributed by atoms with Crippen molar-refractivity contribution >= 4 is 11.4 Å². The number of hydrogen-bond acceptors (Lipinski definition) is 4. The molecular formula is C25H28F2N4. The Balaban J connectivity index is 1.58. The van der Waals surface area contributed by atoms with Gasteiger partial charge in [-0.25, -0.2) is 13.8 Å². The molecule has 6 heteroatoms. The van der Waals surface area contributed by atoms with Crippen LogP contribution in [0.5, 0.6) is 0 Å². The minimum atomic E-state index is -0.648. The van der Waals surface area contributed by atoms with Gasteiger partial charge in [-0.15, -0.1) is 0 Å². The standard InChI is InChI=1S/C25H28F2N4/c1-25(2)11-4-5-16(13-25)17-10-12-29-14-22(17)30-15-23-20(28)8-9-21(31-23)24-18(26)6-3-7-19(24)27/h3,6-10,12,14,16,30H,4-5,11,13,15,28H2,1-2H3. The smallest absolute Gasteiger partial charge is 0.135 e. The van der Waals surface area contributed by atoms with Crippen LogP contribution in [-0.2, 0) is 6.54 Å². The third-order valence-corrected chi connectivity index (χ3v) is 6.17. The predicted molar refractivity (Wildman–Crippen MR) is 121 cm³/mol. The quantitative estimate of drug-likeness (QED) is 0.506. The molecule has 1 saturated carbocycles. The van der Waals surface area contributed by atoms with E-state index in [4.69, 9.17) is 5.73 Å². The molecule has 162 valence electrons. The van der Waals surface area contributed by atoms with Gasteiger partial charge in [0, 0.05) is 6.20 Å². The van der Waals surface area contributed by atoms with Crippen LogP contribution in [0.4, 0.5) is 20.2 Å². The van der Waals surface area contributed by atoms with Gasteiger partial charge < -0.3 is 11.1 Å². The summed E-state index contributed by atoms with van der Waals surface area (Å²) in [5.41, 5.74) is 9.74. The molecule has 1 atom stereocenters. The first-order chi connectivity index (χ1) is 14.8. The number of nitrogens with zero attached hydrogens (tertiary/aromatic N) is 2. The molecule has 4 nitrogen and oxygen atoms in total. The van der Waals surface area contributed by atoms with Gasteiger partial charge in [0.1, 0.15) is 11.6 Å². The molecule has 1 fully saturated rings. The molecular weight excluding hydrogens is 394 g/mol. The fraction of sp³-hybridized carbons (Fsp3) is 0.360. The molecule has 2 heterocycles. The van der Waals surface area contributed by atoms with Crippen molar-refractivity contribution in [3.63, 3.8) is 0 Å². The molecule has 0 bridgehead atoms. The molecule has 3 aromatic rings. The second kappa shape index (κ2) is 8.61. The highest BCUT2D eigenvalue weighted by molar-refractivity contribution is 5.64. The Morgan fingerprint density at radius 1 is 1.13 bits per heavy atom. The predicted octanol–water partition coefficient (Wildman–Crippen LogP) is 6.30. The van der Waals surface area contributed by atoms with Crippen LogP contribution in [0.1, 0.15) is 56.7 Å². The summed E-state index contributed by atoms with van der Waals surface area (Å²) >= 11 is 0. The Morgan fingerprint density at radius 2 is 1.90 bits per heavy atom. The van der Waals surface area contributed by atoms with Crippen LogP contribution in [0.25, 0.3) is 11.3 Å². The number of nitrogens with two attached hydrogens (primary N) is 1. The Kier molecular flexibility index (Phi) is 5.90. The van der Waals surface area contributed by atoms with E-state index < -0.39 is 11.6 Å². The molecule has 3 N–H and O–H groups in total. The third-order valence-electron chi connectivity index (χ3n) is 6.17. The highest BCUT2D eigenvalue weighted by Crippen LogP contribution is 2.45. The van der Waals surface area contributed by atoms with Crippen LogP contribution in [0, 0.1) is 17.0 Å². The molecule has 1 aromatic carbocycles. The zero-order chi connectivity index (χ0) is 22.0. The maximum Gasteiger partial charge on any atom is 0.135 e.